The molecule has 2 N–H and O–H groups in total. The van der Waals surface area contributed by atoms with Gasteiger partial charge in [0.15, 0.2) is 5.96 Å². The van der Waals surface area contributed by atoms with E-state index in [0.29, 0.717) is 0 Å². The molecule has 1 saturated heterocycles. The number of aliphatic imine (C=N–C) groups is 1. The second-order valence-electron chi connectivity index (χ2n) is 6.37. The van der Waals surface area contributed by atoms with E-state index in [0.717, 1.165) is 90.4 Å². The molecule has 7 heteroatoms. The Labute approximate surface area is 164 Å². The number of hydrogen-bond acceptors (Lipinski definition) is 4. The monoisotopic (exact) mass is 454 g/mol. The summed E-state index contributed by atoms with van der Waals surface area (Å²) in [6, 6.07) is 0. The van der Waals surface area contributed by atoms with Crippen molar-refractivity contribution in [3.05, 3.63) is 0 Å². The van der Waals surface area contributed by atoms with Gasteiger partial charge in [0.1, 0.15) is 0 Å². The predicted molar refractivity (Wildman–Crippen MR) is 109 cm³/mol. The van der Waals surface area contributed by atoms with Crippen molar-refractivity contribution in [2.75, 3.05) is 65.7 Å². The highest BCUT2D eigenvalue weighted by Gasteiger charge is 2.20. The number of hydrogen-bond donors (Lipinski definition) is 2. The molecule has 2 aliphatic rings. The molecular weight excluding hydrogens is 419 g/mol. The number of morpholine rings is 1. The molecule has 0 amide bonds. The Morgan fingerprint density at radius 2 is 2.00 bits per heavy atom. The summed E-state index contributed by atoms with van der Waals surface area (Å²) in [7, 11) is 0. The van der Waals surface area contributed by atoms with E-state index in [1.165, 1.54) is 12.8 Å². The van der Waals surface area contributed by atoms with Crippen LogP contribution in [0.5, 0.6) is 0 Å². The van der Waals surface area contributed by atoms with Crippen molar-refractivity contribution < 1.29 is 9.47 Å². The van der Waals surface area contributed by atoms with Gasteiger partial charge in [-0.05, 0) is 45.1 Å². The first-order valence-electron chi connectivity index (χ1n) is 9.28. The minimum atomic E-state index is 0. The molecule has 6 nitrogen and oxygen atoms in total. The first kappa shape index (κ1) is 21.9. The van der Waals surface area contributed by atoms with Crippen LogP contribution >= 0.6 is 24.0 Å². The minimum absolute atomic E-state index is 0. The Morgan fingerprint density at radius 1 is 1.21 bits per heavy atom. The molecule has 142 valence electrons. The van der Waals surface area contributed by atoms with Crippen molar-refractivity contribution >= 4 is 29.9 Å². The fourth-order valence-electron chi connectivity index (χ4n) is 2.57. The highest BCUT2D eigenvalue weighted by molar-refractivity contribution is 14.0. The lowest BCUT2D eigenvalue weighted by molar-refractivity contribution is 0.0376. The van der Waals surface area contributed by atoms with Gasteiger partial charge >= 0.3 is 0 Å². The third-order valence-electron chi connectivity index (χ3n) is 4.16. The number of nitrogens with one attached hydrogen (secondary N) is 2. The van der Waals surface area contributed by atoms with Crippen LogP contribution < -0.4 is 10.6 Å². The molecule has 0 aromatic rings. The molecule has 2 fully saturated rings. The molecule has 1 heterocycles. The second kappa shape index (κ2) is 14.1. The van der Waals surface area contributed by atoms with Gasteiger partial charge in [0.05, 0.1) is 13.2 Å². The Balaban J connectivity index is 0.00000288. The summed E-state index contributed by atoms with van der Waals surface area (Å²) in [5, 5.41) is 6.72. The van der Waals surface area contributed by atoms with Crippen molar-refractivity contribution in [2.24, 2.45) is 10.9 Å². The fourth-order valence-corrected chi connectivity index (χ4v) is 2.57. The molecule has 2 rings (SSSR count). The molecular formula is C17H35IN4O2. The standard InChI is InChI=1S/C17H34N4O2.HI/c1-2-18-17(20-8-4-12-23-15-16-5-6-16)19-7-3-9-21-10-13-22-14-11-21;/h16H,2-15H2,1H3,(H2,18,19,20);1H. The summed E-state index contributed by atoms with van der Waals surface area (Å²) in [4.78, 5) is 7.08. The molecule has 0 atom stereocenters. The third-order valence-corrected chi connectivity index (χ3v) is 4.16. The van der Waals surface area contributed by atoms with E-state index < -0.39 is 0 Å². The predicted octanol–water partition coefficient (Wildman–Crippen LogP) is 1.70. The summed E-state index contributed by atoms with van der Waals surface area (Å²) in [6.45, 7) is 11.6. The van der Waals surface area contributed by atoms with Crippen LogP contribution in [-0.4, -0.2) is 76.6 Å². The fraction of sp³-hybridized carbons (Fsp3) is 0.941. The van der Waals surface area contributed by atoms with Gasteiger partial charge in [0.2, 0.25) is 0 Å². The maximum absolute atomic E-state index is 5.64. The van der Waals surface area contributed by atoms with E-state index in [1.807, 2.05) is 0 Å². The molecule has 1 saturated carbocycles. The van der Waals surface area contributed by atoms with E-state index in [2.05, 4.69) is 27.4 Å². The molecule has 0 aromatic heterocycles. The number of rotatable bonds is 11. The first-order chi connectivity index (χ1) is 11.4. The maximum Gasteiger partial charge on any atom is 0.191 e. The first-order valence-corrected chi connectivity index (χ1v) is 9.28. The molecule has 0 radical (unpaired) electrons. The van der Waals surface area contributed by atoms with Crippen LogP contribution in [-0.2, 0) is 9.47 Å². The van der Waals surface area contributed by atoms with Crippen LogP contribution in [0.2, 0.25) is 0 Å². The SMILES string of the molecule is CCNC(=NCCCOCC1CC1)NCCCN1CCOCC1.I. The quantitative estimate of drug-likeness (QED) is 0.216. The van der Waals surface area contributed by atoms with Crippen molar-refractivity contribution in [1.29, 1.82) is 0 Å². The van der Waals surface area contributed by atoms with Crippen LogP contribution in [0.4, 0.5) is 0 Å². The molecule has 0 unspecified atom stereocenters. The van der Waals surface area contributed by atoms with Gasteiger partial charge in [0.25, 0.3) is 0 Å². The largest absolute Gasteiger partial charge is 0.381 e. The van der Waals surface area contributed by atoms with Crippen LogP contribution in [0, 0.1) is 5.92 Å². The van der Waals surface area contributed by atoms with Crippen LogP contribution in [0.25, 0.3) is 0 Å². The smallest absolute Gasteiger partial charge is 0.191 e. The zero-order chi connectivity index (χ0) is 16.2. The van der Waals surface area contributed by atoms with Gasteiger partial charge in [-0.15, -0.1) is 24.0 Å². The molecule has 1 aliphatic heterocycles. The second-order valence-corrected chi connectivity index (χ2v) is 6.37. The highest BCUT2D eigenvalue weighted by Crippen LogP contribution is 2.28. The average molecular weight is 454 g/mol. The summed E-state index contributed by atoms with van der Waals surface area (Å²) in [5.74, 6) is 1.78. The van der Waals surface area contributed by atoms with Gasteiger partial charge in [-0.3, -0.25) is 9.89 Å². The molecule has 0 aromatic carbocycles. The zero-order valence-electron chi connectivity index (χ0n) is 15.1. The number of guanidine groups is 1. The normalized spacial score (nSPS) is 19.0. The van der Waals surface area contributed by atoms with Gasteiger partial charge in [-0.2, -0.15) is 0 Å². The average Bonchev–Trinajstić information content (AvgIpc) is 3.40. The van der Waals surface area contributed by atoms with Gasteiger partial charge in [-0.1, -0.05) is 0 Å². The Hall–Kier alpha value is -0.120. The van der Waals surface area contributed by atoms with E-state index in [4.69, 9.17) is 9.47 Å². The van der Waals surface area contributed by atoms with E-state index in [-0.39, 0.29) is 24.0 Å². The van der Waals surface area contributed by atoms with Crippen molar-refractivity contribution in [3.63, 3.8) is 0 Å². The molecule has 0 spiro atoms. The summed E-state index contributed by atoms with van der Waals surface area (Å²) in [5.41, 5.74) is 0. The minimum Gasteiger partial charge on any atom is -0.381 e. The van der Waals surface area contributed by atoms with Crippen molar-refractivity contribution in [3.8, 4) is 0 Å². The van der Waals surface area contributed by atoms with Crippen LogP contribution in [0.3, 0.4) is 0 Å². The summed E-state index contributed by atoms with van der Waals surface area (Å²) in [6.07, 6.45) is 4.85. The molecule has 0 bridgehead atoms. The Bertz CT molecular complexity index is 335. The Morgan fingerprint density at radius 3 is 2.71 bits per heavy atom. The third kappa shape index (κ3) is 10.7. The molecule has 24 heavy (non-hydrogen) atoms. The van der Waals surface area contributed by atoms with Crippen molar-refractivity contribution in [1.82, 2.24) is 15.5 Å². The summed E-state index contributed by atoms with van der Waals surface area (Å²) < 4.78 is 11.0. The van der Waals surface area contributed by atoms with Crippen LogP contribution in [0.1, 0.15) is 32.6 Å². The van der Waals surface area contributed by atoms with E-state index >= 15 is 0 Å². The molecule has 1 aliphatic carbocycles. The van der Waals surface area contributed by atoms with Gasteiger partial charge in [-0.25, -0.2) is 0 Å². The van der Waals surface area contributed by atoms with Gasteiger partial charge in [0, 0.05) is 45.9 Å². The van der Waals surface area contributed by atoms with Gasteiger partial charge < -0.3 is 20.1 Å². The lowest BCUT2D eigenvalue weighted by Gasteiger charge is -2.26. The van der Waals surface area contributed by atoms with E-state index in [9.17, 15) is 0 Å². The zero-order valence-corrected chi connectivity index (χ0v) is 17.4. The number of nitrogens with zero attached hydrogens (tertiary/aromatic N) is 2. The van der Waals surface area contributed by atoms with Crippen molar-refractivity contribution in [2.45, 2.75) is 32.6 Å². The summed E-state index contributed by atoms with van der Waals surface area (Å²) >= 11 is 0. The lowest BCUT2D eigenvalue weighted by Crippen LogP contribution is -2.40. The maximum atomic E-state index is 5.64. The Kier molecular flexibility index (Phi) is 12.9. The van der Waals surface area contributed by atoms with E-state index in [1.54, 1.807) is 0 Å². The highest BCUT2D eigenvalue weighted by atomic mass is 127. The number of halogens is 1. The number of ether oxygens (including phenoxy) is 2. The topological polar surface area (TPSA) is 58.1 Å². The van der Waals surface area contributed by atoms with Crippen LogP contribution in [0.15, 0.2) is 4.99 Å². The lowest BCUT2D eigenvalue weighted by atomic mass is 10.3.